The molecule has 26 heavy (non-hydrogen) atoms. The molecule has 1 aromatic heterocycles. The van der Waals surface area contributed by atoms with Gasteiger partial charge in [-0.1, -0.05) is 36.4 Å². The van der Waals surface area contributed by atoms with Gasteiger partial charge < -0.3 is 14.6 Å². The number of oxazole rings is 1. The van der Waals surface area contributed by atoms with Gasteiger partial charge in [-0.05, 0) is 48.3 Å². The zero-order valence-corrected chi connectivity index (χ0v) is 14.9. The summed E-state index contributed by atoms with van der Waals surface area (Å²) in [5.41, 5.74) is 1.49. The average molecular weight is 349 g/mol. The number of nitrogens with one attached hydrogen (secondary N) is 1. The Balaban J connectivity index is 1.46. The van der Waals surface area contributed by atoms with Crippen molar-refractivity contribution in [2.24, 2.45) is 0 Å². The first-order chi connectivity index (χ1) is 12.7. The molecule has 0 bridgehead atoms. The Kier molecular flexibility index (Phi) is 4.71. The van der Waals surface area contributed by atoms with Crippen molar-refractivity contribution in [3.05, 3.63) is 65.9 Å². The van der Waals surface area contributed by atoms with Crippen molar-refractivity contribution < 1.29 is 9.21 Å². The van der Waals surface area contributed by atoms with E-state index in [2.05, 4.69) is 40.6 Å². The lowest BCUT2D eigenvalue weighted by Crippen LogP contribution is -2.27. The Morgan fingerprint density at radius 1 is 1.19 bits per heavy atom. The molecule has 1 aliphatic heterocycles. The van der Waals surface area contributed by atoms with Crippen LogP contribution < -0.4 is 5.32 Å². The van der Waals surface area contributed by atoms with Crippen LogP contribution in [0.25, 0.3) is 10.8 Å². The molecular weight excluding hydrogens is 326 g/mol. The minimum atomic E-state index is -0.109. The number of benzene rings is 2. The van der Waals surface area contributed by atoms with E-state index in [1.54, 1.807) is 11.9 Å². The van der Waals surface area contributed by atoms with E-state index < -0.39 is 0 Å². The Bertz CT molecular complexity index is 912. The van der Waals surface area contributed by atoms with Gasteiger partial charge in [-0.15, -0.1) is 0 Å². The van der Waals surface area contributed by atoms with Crippen molar-refractivity contribution in [1.29, 1.82) is 0 Å². The second-order valence-electron chi connectivity index (χ2n) is 6.94. The molecule has 0 radical (unpaired) electrons. The topological polar surface area (TPSA) is 58.4 Å². The highest BCUT2D eigenvalue weighted by molar-refractivity contribution is 5.92. The largest absolute Gasteiger partial charge is 0.448 e. The molecule has 1 aliphatic rings. The number of rotatable bonds is 4. The summed E-state index contributed by atoms with van der Waals surface area (Å²) < 4.78 is 5.60. The third-order valence-electron chi connectivity index (χ3n) is 5.01. The summed E-state index contributed by atoms with van der Waals surface area (Å²) in [6, 6.07) is 14.5. The van der Waals surface area contributed by atoms with Crippen LogP contribution in [0.1, 0.15) is 40.7 Å². The van der Waals surface area contributed by atoms with Crippen molar-refractivity contribution >= 4 is 16.7 Å². The van der Waals surface area contributed by atoms with Crippen molar-refractivity contribution in [1.82, 2.24) is 15.2 Å². The summed E-state index contributed by atoms with van der Waals surface area (Å²) in [7, 11) is 1.80. The average Bonchev–Trinajstić information content (AvgIpc) is 3.18. The number of aromatic nitrogens is 1. The van der Waals surface area contributed by atoms with Crippen LogP contribution in [0.3, 0.4) is 0 Å². The van der Waals surface area contributed by atoms with Gasteiger partial charge in [-0.2, -0.15) is 0 Å². The maximum Gasteiger partial charge on any atom is 0.275 e. The fourth-order valence-corrected chi connectivity index (χ4v) is 3.52. The van der Waals surface area contributed by atoms with Crippen molar-refractivity contribution in [2.45, 2.75) is 25.3 Å². The first kappa shape index (κ1) is 16.8. The second kappa shape index (κ2) is 7.30. The van der Waals surface area contributed by atoms with Crippen molar-refractivity contribution in [2.75, 3.05) is 20.1 Å². The van der Waals surface area contributed by atoms with Gasteiger partial charge >= 0.3 is 0 Å². The molecule has 0 spiro atoms. The Labute approximate surface area is 153 Å². The number of amides is 1. The molecule has 0 aliphatic carbocycles. The normalized spacial score (nSPS) is 15.3. The van der Waals surface area contributed by atoms with E-state index in [0.717, 1.165) is 31.5 Å². The maximum atomic E-state index is 12.7. The van der Waals surface area contributed by atoms with Gasteiger partial charge in [0.25, 0.3) is 5.91 Å². The zero-order valence-electron chi connectivity index (χ0n) is 14.9. The van der Waals surface area contributed by atoms with Gasteiger partial charge in [-0.25, -0.2) is 4.98 Å². The van der Waals surface area contributed by atoms with Crippen LogP contribution in [0.2, 0.25) is 0 Å². The summed E-state index contributed by atoms with van der Waals surface area (Å²) in [6.45, 7) is 2.48. The van der Waals surface area contributed by atoms with Crippen LogP contribution >= 0.6 is 0 Å². The van der Waals surface area contributed by atoms with Gasteiger partial charge in [0, 0.05) is 19.5 Å². The predicted molar refractivity (Wildman–Crippen MR) is 101 cm³/mol. The Morgan fingerprint density at radius 2 is 1.96 bits per heavy atom. The zero-order chi connectivity index (χ0) is 17.9. The first-order valence-electron chi connectivity index (χ1n) is 9.10. The number of carbonyl (C=O) groups excluding carboxylic acids is 1. The smallest absolute Gasteiger partial charge is 0.275 e. The SMILES string of the molecule is CN(Cc1ccc2ccccc2c1)C(=O)c1coc(C2CCNCC2)n1. The number of hydrogen-bond donors (Lipinski definition) is 1. The molecule has 0 unspecified atom stereocenters. The van der Waals surface area contributed by atoms with E-state index in [4.69, 9.17) is 4.42 Å². The third-order valence-corrected chi connectivity index (χ3v) is 5.01. The van der Waals surface area contributed by atoms with Crippen LogP contribution in [0.15, 0.2) is 53.1 Å². The molecule has 2 heterocycles. The Hall–Kier alpha value is -2.66. The molecule has 1 amide bonds. The van der Waals surface area contributed by atoms with Crippen LogP contribution in [-0.4, -0.2) is 35.9 Å². The summed E-state index contributed by atoms with van der Waals surface area (Å²) in [6.07, 6.45) is 3.50. The molecular formula is C21H23N3O2. The molecule has 5 heteroatoms. The molecule has 0 atom stereocenters. The van der Waals surface area contributed by atoms with Crippen LogP contribution in [0.5, 0.6) is 0 Å². The quantitative estimate of drug-likeness (QED) is 0.782. The second-order valence-corrected chi connectivity index (χ2v) is 6.94. The minimum Gasteiger partial charge on any atom is -0.448 e. The van der Waals surface area contributed by atoms with Gasteiger partial charge in [0.05, 0.1) is 0 Å². The van der Waals surface area contributed by atoms with E-state index in [-0.39, 0.29) is 5.91 Å². The molecule has 3 aromatic rings. The Morgan fingerprint density at radius 3 is 2.77 bits per heavy atom. The highest BCUT2D eigenvalue weighted by Crippen LogP contribution is 2.25. The van der Waals surface area contributed by atoms with Crippen molar-refractivity contribution in [3.8, 4) is 0 Å². The summed E-state index contributed by atoms with van der Waals surface area (Å²) in [4.78, 5) is 18.8. The fourth-order valence-electron chi connectivity index (χ4n) is 3.52. The lowest BCUT2D eigenvalue weighted by molar-refractivity contribution is 0.0779. The molecule has 1 N–H and O–H groups in total. The summed E-state index contributed by atoms with van der Waals surface area (Å²) in [5.74, 6) is 0.889. The summed E-state index contributed by atoms with van der Waals surface area (Å²) in [5, 5.41) is 5.71. The maximum absolute atomic E-state index is 12.7. The number of carbonyl (C=O) groups is 1. The van der Waals surface area contributed by atoms with Crippen LogP contribution in [-0.2, 0) is 6.54 Å². The molecule has 1 saturated heterocycles. The van der Waals surface area contributed by atoms with Gasteiger partial charge in [0.15, 0.2) is 11.6 Å². The number of nitrogens with zero attached hydrogens (tertiary/aromatic N) is 2. The standard InChI is InChI=1S/C21H23N3O2/c1-24(13-15-6-7-16-4-2-3-5-18(16)12-15)21(25)19-14-26-20(23-19)17-8-10-22-11-9-17/h2-7,12,14,17,22H,8-11,13H2,1H3. The monoisotopic (exact) mass is 349 g/mol. The highest BCUT2D eigenvalue weighted by atomic mass is 16.3. The first-order valence-corrected chi connectivity index (χ1v) is 9.10. The van der Waals surface area contributed by atoms with Gasteiger partial charge in [0.2, 0.25) is 0 Å². The van der Waals surface area contributed by atoms with E-state index in [9.17, 15) is 4.79 Å². The predicted octanol–water partition coefficient (Wildman–Crippen LogP) is 3.57. The molecule has 2 aromatic carbocycles. The van der Waals surface area contributed by atoms with Crippen LogP contribution in [0.4, 0.5) is 0 Å². The van der Waals surface area contributed by atoms with E-state index in [1.165, 1.54) is 17.0 Å². The fraction of sp³-hybridized carbons (Fsp3) is 0.333. The molecule has 0 saturated carbocycles. The third kappa shape index (κ3) is 3.48. The molecule has 5 nitrogen and oxygen atoms in total. The molecule has 134 valence electrons. The van der Waals surface area contributed by atoms with Gasteiger partial charge in [0.1, 0.15) is 6.26 Å². The number of piperidine rings is 1. The number of hydrogen-bond acceptors (Lipinski definition) is 4. The van der Waals surface area contributed by atoms with E-state index >= 15 is 0 Å². The summed E-state index contributed by atoms with van der Waals surface area (Å²) >= 11 is 0. The lowest BCUT2D eigenvalue weighted by Gasteiger charge is -2.19. The lowest BCUT2D eigenvalue weighted by atomic mass is 9.98. The number of fused-ring (bicyclic) bond motifs is 1. The molecule has 4 rings (SSSR count). The highest BCUT2D eigenvalue weighted by Gasteiger charge is 2.23. The van der Waals surface area contributed by atoms with E-state index in [1.807, 2.05) is 12.1 Å². The van der Waals surface area contributed by atoms with E-state index in [0.29, 0.717) is 24.0 Å². The van der Waals surface area contributed by atoms with Gasteiger partial charge in [-0.3, -0.25) is 4.79 Å². The van der Waals surface area contributed by atoms with Crippen molar-refractivity contribution in [3.63, 3.8) is 0 Å². The molecule has 1 fully saturated rings. The van der Waals surface area contributed by atoms with Crippen LogP contribution in [0, 0.1) is 0 Å². The minimum absolute atomic E-state index is 0.109.